The Kier molecular flexibility index (Phi) is 11.6. The molecule has 0 bridgehead atoms. The standard InChI is InChI=1S/C10H17N2O14P3.2Li/c1-5-3-12(10(15)11-9(5)14)8-2-6(13)7(24-8)4-23-28(19,20)26-29(21,22)25-27(16,17)18;;/h3,6-8,13H,2,4H2,1H3,(H,19,20)(H,21,22)(H,11,14,15)(H2,16,17,18);;/q;2*+1/p-2/t6-,7-,8-;;/m1../s1/i1+1,2+1,3+1,4+1,5+1,6+1,7+1,8+1,9+1,10+1;;. The van der Waals surface area contributed by atoms with E-state index in [1.54, 1.807) is 0 Å². The van der Waals surface area contributed by atoms with Crippen LogP contribution in [0.15, 0.2) is 15.8 Å². The number of aliphatic hydroxyl groups is 1. The maximum atomic E-state index is 11.8. The third-order valence-electron chi connectivity index (χ3n) is 3.47. The number of H-pyrrole nitrogens is 1. The van der Waals surface area contributed by atoms with Crippen molar-refractivity contribution in [1.82, 2.24) is 9.55 Å². The minimum Gasteiger partial charge on any atom is -0.756 e. The van der Waals surface area contributed by atoms with Crippen molar-refractivity contribution < 1.29 is 94.0 Å². The molecule has 2 heterocycles. The van der Waals surface area contributed by atoms with Crippen molar-refractivity contribution in [3.63, 3.8) is 0 Å². The summed E-state index contributed by atoms with van der Waals surface area (Å²) in [6, 6.07) is 0. The predicted octanol–water partition coefficient (Wildman–Crippen LogP) is -8.42. The van der Waals surface area contributed by atoms with Gasteiger partial charge in [0, 0.05) is 18.2 Å². The molecule has 0 spiro atoms. The third-order valence-corrected chi connectivity index (χ3v) is 7.19. The van der Waals surface area contributed by atoms with E-state index in [4.69, 9.17) is 9.63 Å². The molecule has 4 N–H and O–H groups in total. The van der Waals surface area contributed by atoms with Crippen molar-refractivity contribution in [3.8, 4) is 0 Å². The summed E-state index contributed by atoms with van der Waals surface area (Å²) in [6.45, 7) is 0.493. The van der Waals surface area contributed by atoms with Crippen LogP contribution in [0, 0.1) is 6.92 Å². The van der Waals surface area contributed by atoms with Crippen molar-refractivity contribution in [3.05, 3.63) is 32.6 Å². The molecule has 0 aromatic carbocycles. The maximum absolute atomic E-state index is 11.8. The zero-order valence-electron chi connectivity index (χ0n) is 16.3. The monoisotopic (exact) mass is 504 g/mol. The molecule has 1 fully saturated rings. The van der Waals surface area contributed by atoms with Crippen LogP contribution in [0.25, 0.3) is 0 Å². The van der Waals surface area contributed by atoms with E-state index in [9.17, 15) is 43.1 Å². The Hall–Kier alpha value is 0.205. The minimum absolute atomic E-state index is 0. The van der Waals surface area contributed by atoms with Gasteiger partial charge in [0.05, 0.1) is 12.7 Å². The number of aryl methyl sites for hydroxylation is 1. The van der Waals surface area contributed by atoms with Crippen molar-refractivity contribution in [1.29, 1.82) is 0 Å². The molecule has 21 heteroatoms. The zero-order chi connectivity index (χ0) is 22.2. The Morgan fingerprint density at radius 1 is 1.23 bits per heavy atom. The number of nitrogens with zero attached hydrogens (tertiary/aromatic N) is 1. The van der Waals surface area contributed by atoms with E-state index in [1.165, 1.54) is 13.1 Å². The first-order valence-corrected chi connectivity index (χ1v) is 11.9. The summed E-state index contributed by atoms with van der Waals surface area (Å²) < 4.78 is 50.4. The second-order valence-electron chi connectivity index (χ2n) is 5.75. The van der Waals surface area contributed by atoms with Crippen LogP contribution in [0.5, 0.6) is 0 Å². The average molecular weight is 504 g/mol. The van der Waals surface area contributed by atoms with Gasteiger partial charge in [0.15, 0.2) is 0 Å². The molecule has 1 aromatic rings. The fourth-order valence-electron chi connectivity index (χ4n) is 2.29. The Morgan fingerprint density at radius 3 is 2.35 bits per heavy atom. The van der Waals surface area contributed by atoms with Crippen molar-refractivity contribution in [2.45, 2.75) is 31.8 Å². The van der Waals surface area contributed by atoms with Gasteiger partial charge in [-0.15, -0.1) is 0 Å². The molecule has 1 saturated heterocycles. The average Bonchev–Trinajstić information content (AvgIpc) is 2.86. The van der Waals surface area contributed by atoms with Crippen LogP contribution in [0.2, 0.25) is 0 Å². The Morgan fingerprint density at radius 2 is 1.81 bits per heavy atom. The van der Waals surface area contributed by atoms with Gasteiger partial charge >= 0.3 is 51.2 Å². The van der Waals surface area contributed by atoms with Crippen molar-refractivity contribution in [2.75, 3.05) is 6.61 Å². The normalized spacial score (nSPS) is 26.6. The molecule has 0 amide bonds. The van der Waals surface area contributed by atoms with Gasteiger partial charge in [-0.3, -0.25) is 28.0 Å². The second-order valence-corrected chi connectivity index (χ2v) is 10.1. The summed E-state index contributed by atoms with van der Waals surface area (Å²) >= 11 is 0. The molecular weight excluding hydrogens is 489 g/mol. The SMILES string of the molecule is [13CH3][13c]1[13cH]n([13C@H]2[13CH2][13C@@H](O)[13C@@H]([13CH2]OP(=O)(O)OP(=O)([O-])OP(=O)([O-])O)O2)[13c](=O)[nH][13c]1=O.[Li+].[Li+]. The van der Waals surface area contributed by atoms with Gasteiger partial charge in [0.2, 0.25) is 0 Å². The molecule has 1 aliphatic heterocycles. The fraction of sp³-hybridized carbons (Fsp3) is 0.600. The topological polar surface area (TPSA) is 250 Å². The number of hydrogen-bond acceptors (Lipinski definition) is 12. The summed E-state index contributed by atoms with van der Waals surface area (Å²) in [4.78, 5) is 64.4. The van der Waals surface area contributed by atoms with Crippen molar-refractivity contribution >= 4 is 23.5 Å². The number of phosphoric ester groups is 1. The number of rotatable bonds is 8. The van der Waals surface area contributed by atoms with E-state index in [0.29, 0.717) is 0 Å². The van der Waals surface area contributed by atoms with Gasteiger partial charge < -0.3 is 29.4 Å². The van der Waals surface area contributed by atoms with E-state index in [0.717, 1.165) is 4.57 Å². The van der Waals surface area contributed by atoms with Gasteiger partial charge in [0.25, 0.3) is 21.2 Å². The quantitative estimate of drug-likeness (QED) is 0.146. The van der Waals surface area contributed by atoms with Gasteiger partial charge in [-0.2, -0.15) is 0 Å². The number of aromatic amines is 1. The molecule has 6 atom stereocenters. The molecular formula is C10H15Li2N2O14P3. The van der Waals surface area contributed by atoms with Crippen LogP contribution in [0.4, 0.5) is 0 Å². The van der Waals surface area contributed by atoms with E-state index < -0.39 is 59.8 Å². The van der Waals surface area contributed by atoms with Gasteiger partial charge in [-0.05, 0) is 6.92 Å². The largest absolute Gasteiger partial charge is 1.00 e. The molecule has 1 aliphatic rings. The fourth-order valence-corrected chi connectivity index (χ4v) is 5.23. The first-order valence-electron chi connectivity index (χ1n) is 7.49. The predicted molar refractivity (Wildman–Crippen MR) is 86.0 cm³/mol. The summed E-state index contributed by atoms with van der Waals surface area (Å²) in [5, 5.41) is 9.96. The Labute approximate surface area is 197 Å². The van der Waals surface area contributed by atoms with Crippen LogP contribution in [-0.4, -0.2) is 43.3 Å². The smallest absolute Gasteiger partial charge is 0.756 e. The van der Waals surface area contributed by atoms with E-state index in [-0.39, 0.29) is 49.7 Å². The molecule has 0 radical (unpaired) electrons. The summed E-state index contributed by atoms with van der Waals surface area (Å²) in [7, 11) is -17.3. The summed E-state index contributed by atoms with van der Waals surface area (Å²) in [5.41, 5.74) is -1.30. The van der Waals surface area contributed by atoms with Crippen LogP contribution in [0.1, 0.15) is 18.2 Å². The van der Waals surface area contributed by atoms with Gasteiger partial charge in [-0.1, -0.05) is 0 Å². The molecule has 31 heavy (non-hydrogen) atoms. The summed E-state index contributed by atoms with van der Waals surface area (Å²) in [5.74, 6) is 0. The van der Waals surface area contributed by atoms with E-state index in [2.05, 4.69) is 13.1 Å². The molecule has 0 saturated carbocycles. The van der Waals surface area contributed by atoms with Crippen molar-refractivity contribution in [2.24, 2.45) is 0 Å². The van der Waals surface area contributed by atoms with Gasteiger partial charge in [0.1, 0.15) is 12.3 Å². The number of aliphatic hydroxyl groups excluding tert-OH is 1. The molecule has 0 aliphatic carbocycles. The molecule has 16 nitrogen and oxygen atoms in total. The number of aromatic nitrogens is 2. The number of phosphoric acid groups is 3. The maximum Gasteiger partial charge on any atom is 1.00 e. The second kappa shape index (κ2) is 11.6. The first-order chi connectivity index (χ1) is 13.1. The molecule has 1 aromatic heterocycles. The number of nitrogens with one attached hydrogen (secondary N) is 1. The van der Waals surface area contributed by atoms with E-state index in [1.807, 2.05) is 4.98 Å². The van der Waals surface area contributed by atoms with Crippen LogP contribution in [-0.2, 0) is 31.6 Å². The summed E-state index contributed by atoms with van der Waals surface area (Å²) in [6.07, 6.45) is -2.78. The van der Waals surface area contributed by atoms with Gasteiger partial charge in [-0.25, -0.2) is 18.0 Å². The number of ether oxygens (including phenoxy) is 1. The third kappa shape index (κ3) is 9.53. The molecule has 166 valence electrons. The van der Waals surface area contributed by atoms with Crippen LogP contribution in [0.3, 0.4) is 0 Å². The Balaban J connectivity index is 0.00000450. The minimum atomic E-state index is -5.99. The van der Waals surface area contributed by atoms with E-state index >= 15 is 0 Å². The number of hydrogen-bond donors (Lipinski definition) is 4. The first kappa shape index (κ1) is 31.2. The molecule has 2 rings (SSSR count). The van der Waals surface area contributed by atoms with Crippen LogP contribution < -0.4 is 58.8 Å². The molecule has 3 unspecified atom stereocenters. The zero-order valence-corrected chi connectivity index (χ0v) is 19.0. The van der Waals surface area contributed by atoms with Crippen LogP contribution >= 0.6 is 23.5 Å². The Bertz CT molecular complexity index is 1020.